The molecule has 0 spiro atoms. The van der Waals surface area contributed by atoms with Crippen molar-refractivity contribution in [1.29, 1.82) is 0 Å². The van der Waals surface area contributed by atoms with Gasteiger partial charge in [-0.1, -0.05) is 24.3 Å². The molecule has 1 heterocycles. The molecule has 0 fully saturated rings. The first-order valence-corrected chi connectivity index (χ1v) is 6.20. The van der Waals surface area contributed by atoms with Crippen molar-refractivity contribution in [2.24, 2.45) is 0 Å². The minimum absolute atomic E-state index is 0.0991. The van der Waals surface area contributed by atoms with Crippen LogP contribution in [-0.4, -0.2) is 16.6 Å². The lowest BCUT2D eigenvalue weighted by molar-refractivity contribution is 0.0889. The number of aromatic nitrogens is 1. The van der Waals surface area contributed by atoms with E-state index in [1.807, 2.05) is 13.8 Å². The van der Waals surface area contributed by atoms with Crippen LogP contribution in [0.5, 0.6) is 0 Å². The fourth-order valence-electron chi connectivity index (χ4n) is 2.77. The van der Waals surface area contributed by atoms with Crippen LogP contribution in [0.3, 0.4) is 0 Å². The molecule has 3 nitrogen and oxygen atoms in total. The van der Waals surface area contributed by atoms with Crippen molar-refractivity contribution in [3.05, 3.63) is 64.5 Å². The average Bonchev–Trinajstić information content (AvgIpc) is 2.64. The zero-order valence-corrected chi connectivity index (χ0v) is 10.8. The number of carbonyl (C=O) groups is 2. The van der Waals surface area contributed by atoms with Crippen LogP contribution in [0.15, 0.2) is 36.7 Å². The van der Waals surface area contributed by atoms with E-state index < -0.39 is 5.92 Å². The molecule has 2 aromatic rings. The Morgan fingerprint density at radius 1 is 0.895 bits per heavy atom. The Kier molecular flexibility index (Phi) is 2.56. The van der Waals surface area contributed by atoms with Gasteiger partial charge in [0.1, 0.15) is 5.92 Å². The number of rotatable bonds is 1. The number of pyridine rings is 1. The molecule has 0 unspecified atom stereocenters. The molecule has 1 aromatic carbocycles. The van der Waals surface area contributed by atoms with Gasteiger partial charge in [0.15, 0.2) is 11.6 Å². The molecular weight excluding hydrogens is 238 g/mol. The van der Waals surface area contributed by atoms with Crippen molar-refractivity contribution in [2.45, 2.75) is 19.8 Å². The maximum Gasteiger partial charge on any atom is 0.178 e. The quantitative estimate of drug-likeness (QED) is 0.732. The molecule has 1 aliphatic rings. The summed E-state index contributed by atoms with van der Waals surface area (Å²) in [6.45, 7) is 3.78. The molecule has 1 aromatic heterocycles. The van der Waals surface area contributed by atoms with E-state index in [-0.39, 0.29) is 11.6 Å². The smallest absolute Gasteiger partial charge is 0.178 e. The van der Waals surface area contributed by atoms with Gasteiger partial charge in [0, 0.05) is 23.5 Å². The second-order valence-corrected chi connectivity index (χ2v) is 4.89. The summed E-state index contributed by atoms with van der Waals surface area (Å²) >= 11 is 0. The lowest BCUT2D eigenvalue weighted by atomic mass is 9.89. The zero-order chi connectivity index (χ0) is 13.6. The number of fused-ring (bicyclic) bond motifs is 1. The molecule has 0 bridgehead atoms. The average molecular weight is 251 g/mol. The summed E-state index contributed by atoms with van der Waals surface area (Å²) in [5, 5.41) is 0. The summed E-state index contributed by atoms with van der Waals surface area (Å²) in [7, 11) is 0. The van der Waals surface area contributed by atoms with Crippen molar-refractivity contribution < 1.29 is 9.59 Å². The molecular formula is C16H13NO2. The molecule has 0 saturated carbocycles. The van der Waals surface area contributed by atoms with Gasteiger partial charge in [0.25, 0.3) is 0 Å². The Labute approximate surface area is 111 Å². The normalized spacial score (nSPS) is 14.8. The highest BCUT2D eigenvalue weighted by Crippen LogP contribution is 2.36. The van der Waals surface area contributed by atoms with Crippen LogP contribution in [0.4, 0.5) is 0 Å². The standard InChI is InChI=1S/C16H13NO2/c1-9-7-17-8-10(2)13(9)14-15(18)11-5-3-4-6-12(11)16(14)19/h3-8,14H,1-2H3. The second-order valence-electron chi connectivity index (χ2n) is 4.89. The zero-order valence-electron chi connectivity index (χ0n) is 10.8. The van der Waals surface area contributed by atoms with Crippen LogP contribution in [0.1, 0.15) is 43.3 Å². The van der Waals surface area contributed by atoms with E-state index in [0.717, 1.165) is 16.7 Å². The summed E-state index contributed by atoms with van der Waals surface area (Å²) in [6, 6.07) is 7.03. The fraction of sp³-hybridized carbons (Fsp3) is 0.188. The molecule has 0 radical (unpaired) electrons. The van der Waals surface area contributed by atoms with Gasteiger partial charge in [-0.3, -0.25) is 14.6 Å². The van der Waals surface area contributed by atoms with Gasteiger partial charge < -0.3 is 0 Å². The van der Waals surface area contributed by atoms with Gasteiger partial charge in [-0.25, -0.2) is 0 Å². The van der Waals surface area contributed by atoms with Crippen LogP contribution in [-0.2, 0) is 0 Å². The minimum Gasteiger partial charge on any atom is -0.293 e. The van der Waals surface area contributed by atoms with Crippen molar-refractivity contribution in [1.82, 2.24) is 4.98 Å². The number of hydrogen-bond acceptors (Lipinski definition) is 3. The fourth-order valence-corrected chi connectivity index (χ4v) is 2.77. The third-order valence-corrected chi connectivity index (χ3v) is 3.66. The minimum atomic E-state index is -0.694. The number of aryl methyl sites for hydroxylation is 2. The van der Waals surface area contributed by atoms with Crippen LogP contribution < -0.4 is 0 Å². The van der Waals surface area contributed by atoms with E-state index in [1.54, 1.807) is 36.7 Å². The van der Waals surface area contributed by atoms with Gasteiger partial charge in [0.2, 0.25) is 0 Å². The van der Waals surface area contributed by atoms with E-state index in [4.69, 9.17) is 0 Å². The van der Waals surface area contributed by atoms with E-state index in [0.29, 0.717) is 11.1 Å². The molecule has 1 aliphatic carbocycles. The molecule has 0 aliphatic heterocycles. The van der Waals surface area contributed by atoms with Gasteiger partial charge in [0.05, 0.1) is 0 Å². The lowest BCUT2D eigenvalue weighted by Crippen LogP contribution is -2.16. The largest absolute Gasteiger partial charge is 0.293 e. The first-order valence-electron chi connectivity index (χ1n) is 6.20. The van der Waals surface area contributed by atoms with Crippen LogP contribution in [0.25, 0.3) is 0 Å². The van der Waals surface area contributed by atoms with Crippen LogP contribution in [0.2, 0.25) is 0 Å². The third kappa shape index (κ3) is 1.62. The van der Waals surface area contributed by atoms with Crippen LogP contribution in [0, 0.1) is 13.8 Å². The highest BCUT2D eigenvalue weighted by atomic mass is 16.2. The molecule has 0 amide bonds. The van der Waals surface area contributed by atoms with E-state index in [2.05, 4.69) is 4.98 Å². The van der Waals surface area contributed by atoms with Gasteiger partial charge in [-0.2, -0.15) is 0 Å². The van der Waals surface area contributed by atoms with E-state index >= 15 is 0 Å². The number of ketones is 2. The summed E-state index contributed by atoms with van der Waals surface area (Å²) in [6.07, 6.45) is 3.40. The van der Waals surface area contributed by atoms with Crippen LogP contribution >= 0.6 is 0 Å². The first kappa shape index (κ1) is 11.8. The van der Waals surface area contributed by atoms with Gasteiger partial charge >= 0.3 is 0 Å². The molecule has 0 saturated heterocycles. The Bertz CT molecular complexity index is 648. The number of carbonyl (C=O) groups excluding carboxylic acids is 2. The Balaban J connectivity index is 2.20. The number of hydrogen-bond donors (Lipinski definition) is 0. The highest BCUT2D eigenvalue weighted by Gasteiger charge is 2.40. The summed E-state index contributed by atoms with van der Waals surface area (Å²) in [5.74, 6) is -0.892. The van der Waals surface area contributed by atoms with Gasteiger partial charge in [-0.05, 0) is 30.5 Å². The molecule has 3 heteroatoms. The summed E-state index contributed by atoms with van der Waals surface area (Å²) in [5.41, 5.74) is 3.65. The third-order valence-electron chi connectivity index (χ3n) is 3.66. The highest BCUT2D eigenvalue weighted by molar-refractivity contribution is 6.29. The van der Waals surface area contributed by atoms with Crippen molar-refractivity contribution >= 4 is 11.6 Å². The first-order chi connectivity index (χ1) is 9.11. The number of nitrogens with zero attached hydrogens (tertiary/aromatic N) is 1. The predicted molar refractivity (Wildman–Crippen MR) is 71.6 cm³/mol. The van der Waals surface area contributed by atoms with E-state index in [1.165, 1.54) is 0 Å². The Morgan fingerprint density at radius 3 is 1.84 bits per heavy atom. The van der Waals surface area contributed by atoms with Gasteiger partial charge in [-0.15, -0.1) is 0 Å². The topological polar surface area (TPSA) is 47.0 Å². The second kappa shape index (κ2) is 4.12. The summed E-state index contributed by atoms with van der Waals surface area (Å²) < 4.78 is 0. The predicted octanol–water partition coefficient (Wildman–Crippen LogP) is 2.86. The molecule has 0 N–H and O–H groups in total. The number of benzene rings is 1. The van der Waals surface area contributed by atoms with E-state index in [9.17, 15) is 9.59 Å². The lowest BCUT2D eigenvalue weighted by Gasteiger charge is -2.13. The Hall–Kier alpha value is -2.29. The SMILES string of the molecule is Cc1cncc(C)c1C1C(=O)c2ccccc2C1=O. The monoisotopic (exact) mass is 251 g/mol. The van der Waals surface area contributed by atoms with Crippen molar-refractivity contribution in [3.8, 4) is 0 Å². The number of Topliss-reactive ketones (excluding diaryl/α,β-unsaturated/α-hetero) is 2. The maximum absolute atomic E-state index is 12.5. The molecule has 94 valence electrons. The van der Waals surface area contributed by atoms with Crippen molar-refractivity contribution in [3.63, 3.8) is 0 Å². The van der Waals surface area contributed by atoms with Crippen molar-refractivity contribution in [2.75, 3.05) is 0 Å². The Morgan fingerprint density at radius 2 is 1.37 bits per heavy atom. The maximum atomic E-state index is 12.5. The summed E-state index contributed by atoms with van der Waals surface area (Å²) in [4.78, 5) is 29.0. The molecule has 0 atom stereocenters. The molecule has 3 rings (SSSR count). The molecule has 19 heavy (non-hydrogen) atoms.